The number of fused-ring (bicyclic) bond motifs is 2. The molecule has 2 aliphatic carbocycles. The van der Waals surface area contributed by atoms with Crippen LogP contribution >= 0.6 is 0 Å². The Morgan fingerprint density at radius 1 is 1.41 bits per heavy atom. The van der Waals surface area contributed by atoms with Gasteiger partial charge in [-0.3, -0.25) is 0 Å². The van der Waals surface area contributed by atoms with E-state index in [2.05, 4.69) is 36.3 Å². The van der Waals surface area contributed by atoms with Gasteiger partial charge < -0.3 is 5.73 Å². The maximum absolute atomic E-state index is 5.73. The Morgan fingerprint density at radius 3 is 2.76 bits per heavy atom. The lowest BCUT2D eigenvalue weighted by atomic mass is 9.68. The molecule has 1 aromatic rings. The first kappa shape index (κ1) is 11.1. The van der Waals surface area contributed by atoms with Crippen molar-refractivity contribution >= 4 is 0 Å². The average Bonchev–Trinajstić information content (AvgIpc) is 2.88. The number of nitrogens with zero attached hydrogens (tertiary/aromatic N) is 4. The lowest BCUT2D eigenvalue weighted by Gasteiger charge is -2.42. The molecule has 2 bridgehead atoms. The summed E-state index contributed by atoms with van der Waals surface area (Å²) >= 11 is 0. The third-order valence-corrected chi connectivity index (χ3v) is 5.18. The molecule has 3 atom stereocenters. The van der Waals surface area contributed by atoms with Crippen molar-refractivity contribution in [3.05, 3.63) is 5.82 Å². The topological polar surface area (TPSA) is 69.6 Å². The zero-order chi connectivity index (χ0) is 12.3. The summed E-state index contributed by atoms with van der Waals surface area (Å²) in [5, 5.41) is 12.0. The van der Waals surface area contributed by atoms with Crippen molar-refractivity contribution < 1.29 is 0 Å². The maximum atomic E-state index is 5.73. The van der Waals surface area contributed by atoms with Gasteiger partial charge in [-0.1, -0.05) is 20.8 Å². The second-order valence-electron chi connectivity index (χ2n) is 6.56. The van der Waals surface area contributed by atoms with Crippen LogP contribution in [-0.2, 0) is 6.54 Å². The quantitative estimate of drug-likeness (QED) is 0.843. The monoisotopic (exact) mass is 235 g/mol. The van der Waals surface area contributed by atoms with Crippen molar-refractivity contribution in [2.24, 2.45) is 22.5 Å². The number of hydrogen-bond acceptors (Lipinski definition) is 4. The zero-order valence-electron chi connectivity index (χ0n) is 10.8. The van der Waals surface area contributed by atoms with Gasteiger partial charge in [-0.2, -0.15) is 0 Å². The van der Waals surface area contributed by atoms with Crippen LogP contribution in [-0.4, -0.2) is 20.2 Å². The normalized spacial score (nSPS) is 38.8. The number of aromatic nitrogens is 4. The minimum Gasteiger partial charge on any atom is -0.324 e. The molecule has 2 N–H and O–H groups in total. The van der Waals surface area contributed by atoms with E-state index >= 15 is 0 Å². The second kappa shape index (κ2) is 3.28. The highest BCUT2D eigenvalue weighted by atomic mass is 15.6. The summed E-state index contributed by atoms with van der Waals surface area (Å²) in [5.74, 6) is 1.61. The van der Waals surface area contributed by atoms with E-state index in [0.29, 0.717) is 18.0 Å². The molecule has 17 heavy (non-hydrogen) atoms. The Bertz CT molecular complexity index is 433. The number of rotatable bonds is 2. The van der Waals surface area contributed by atoms with Crippen molar-refractivity contribution in [1.29, 1.82) is 0 Å². The standard InChI is InChI=1S/C12H21N5/c1-11(2)8-4-5-12(3,6-8)10(11)17-9(7-13)14-15-16-17/h8,10H,4-7,13H2,1-3H3. The van der Waals surface area contributed by atoms with E-state index in [9.17, 15) is 0 Å². The predicted molar refractivity (Wildman–Crippen MR) is 64.0 cm³/mol. The Labute approximate surface area is 102 Å². The van der Waals surface area contributed by atoms with Gasteiger partial charge in [0.25, 0.3) is 0 Å². The first-order chi connectivity index (χ1) is 7.99. The zero-order valence-corrected chi connectivity index (χ0v) is 10.8. The molecule has 94 valence electrons. The van der Waals surface area contributed by atoms with Crippen LogP contribution < -0.4 is 5.73 Å². The second-order valence-corrected chi connectivity index (χ2v) is 6.56. The van der Waals surface area contributed by atoms with Crippen LogP contribution in [0.25, 0.3) is 0 Å². The highest BCUT2D eigenvalue weighted by molar-refractivity contribution is 5.11. The molecule has 0 spiro atoms. The van der Waals surface area contributed by atoms with Crippen LogP contribution in [0.5, 0.6) is 0 Å². The lowest BCUT2D eigenvalue weighted by Crippen LogP contribution is -2.39. The fraction of sp³-hybridized carbons (Fsp3) is 0.917. The van der Waals surface area contributed by atoms with Gasteiger partial charge >= 0.3 is 0 Å². The molecule has 1 aromatic heterocycles. The van der Waals surface area contributed by atoms with Crippen LogP contribution in [0.3, 0.4) is 0 Å². The van der Waals surface area contributed by atoms with Gasteiger partial charge in [-0.15, -0.1) is 5.10 Å². The molecule has 5 nitrogen and oxygen atoms in total. The predicted octanol–water partition coefficient (Wildman–Crippen LogP) is 1.52. The van der Waals surface area contributed by atoms with Gasteiger partial charge in [0.15, 0.2) is 5.82 Å². The molecule has 0 radical (unpaired) electrons. The van der Waals surface area contributed by atoms with Gasteiger partial charge in [-0.25, -0.2) is 4.68 Å². The van der Waals surface area contributed by atoms with Crippen molar-refractivity contribution in [1.82, 2.24) is 20.2 Å². The fourth-order valence-electron chi connectivity index (χ4n) is 4.43. The van der Waals surface area contributed by atoms with Crippen LogP contribution in [0, 0.1) is 16.7 Å². The number of hydrogen-bond donors (Lipinski definition) is 1. The van der Waals surface area contributed by atoms with E-state index in [4.69, 9.17) is 5.73 Å². The Morgan fingerprint density at radius 2 is 2.18 bits per heavy atom. The van der Waals surface area contributed by atoms with Crippen molar-refractivity contribution in [3.8, 4) is 0 Å². The fourth-order valence-corrected chi connectivity index (χ4v) is 4.43. The first-order valence-corrected chi connectivity index (χ1v) is 6.46. The van der Waals surface area contributed by atoms with Gasteiger partial charge in [0.2, 0.25) is 0 Å². The van der Waals surface area contributed by atoms with Crippen LogP contribution in [0.1, 0.15) is 51.9 Å². The molecule has 3 rings (SSSR count). The Kier molecular flexibility index (Phi) is 2.15. The van der Waals surface area contributed by atoms with Crippen molar-refractivity contribution in [2.75, 3.05) is 0 Å². The molecule has 2 saturated carbocycles. The maximum Gasteiger partial charge on any atom is 0.165 e. The molecular formula is C12H21N5. The molecule has 1 heterocycles. The smallest absolute Gasteiger partial charge is 0.165 e. The molecule has 2 fully saturated rings. The first-order valence-electron chi connectivity index (χ1n) is 6.46. The van der Waals surface area contributed by atoms with E-state index in [1.54, 1.807) is 0 Å². The van der Waals surface area contributed by atoms with Gasteiger partial charge in [0.05, 0.1) is 12.6 Å². The molecule has 0 aliphatic heterocycles. The largest absolute Gasteiger partial charge is 0.324 e. The highest BCUT2D eigenvalue weighted by Crippen LogP contribution is 2.67. The van der Waals surface area contributed by atoms with Gasteiger partial charge in [-0.05, 0) is 46.4 Å². The van der Waals surface area contributed by atoms with Gasteiger partial charge in [0, 0.05) is 0 Å². The third kappa shape index (κ3) is 1.32. The molecule has 3 unspecified atom stereocenters. The van der Waals surface area contributed by atoms with Crippen LogP contribution in [0.15, 0.2) is 0 Å². The van der Waals surface area contributed by atoms with Crippen LogP contribution in [0.4, 0.5) is 0 Å². The average molecular weight is 235 g/mol. The molecule has 0 saturated heterocycles. The SMILES string of the molecule is CC12CCC(C1)C(C)(C)C2n1nnnc1CN. The van der Waals surface area contributed by atoms with Gasteiger partial charge in [0.1, 0.15) is 0 Å². The van der Waals surface area contributed by atoms with E-state index < -0.39 is 0 Å². The summed E-state index contributed by atoms with van der Waals surface area (Å²) in [6.07, 6.45) is 3.93. The van der Waals surface area contributed by atoms with E-state index in [1.165, 1.54) is 19.3 Å². The summed E-state index contributed by atoms with van der Waals surface area (Å²) < 4.78 is 2.00. The third-order valence-electron chi connectivity index (χ3n) is 5.18. The lowest BCUT2D eigenvalue weighted by molar-refractivity contribution is 0.0695. The number of tetrazole rings is 1. The van der Waals surface area contributed by atoms with Crippen LogP contribution in [0.2, 0.25) is 0 Å². The summed E-state index contributed by atoms with van der Waals surface area (Å²) in [4.78, 5) is 0. The minimum absolute atomic E-state index is 0.270. The minimum atomic E-state index is 0.270. The summed E-state index contributed by atoms with van der Waals surface area (Å²) in [7, 11) is 0. The summed E-state index contributed by atoms with van der Waals surface area (Å²) in [6, 6.07) is 0.391. The van der Waals surface area contributed by atoms with E-state index in [-0.39, 0.29) is 5.41 Å². The number of nitrogens with two attached hydrogens (primary N) is 1. The summed E-state index contributed by atoms with van der Waals surface area (Å²) in [5.41, 5.74) is 6.34. The molecule has 0 amide bonds. The van der Waals surface area contributed by atoms with E-state index in [1.807, 2.05) is 4.68 Å². The Hall–Kier alpha value is -0.970. The summed E-state index contributed by atoms with van der Waals surface area (Å²) in [6.45, 7) is 7.51. The molecular weight excluding hydrogens is 214 g/mol. The molecule has 2 aliphatic rings. The molecule has 5 heteroatoms. The Balaban J connectivity index is 2.08. The molecule has 0 aromatic carbocycles. The highest BCUT2D eigenvalue weighted by Gasteiger charge is 2.61. The van der Waals surface area contributed by atoms with Crippen molar-refractivity contribution in [2.45, 2.75) is 52.6 Å². The van der Waals surface area contributed by atoms with Crippen molar-refractivity contribution in [3.63, 3.8) is 0 Å². The van der Waals surface area contributed by atoms with E-state index in [0.717, 1.165) is 11.7 Å².